The summed E-state index contributed by atoms with van der Waals surface area (Å²) in [6, 6.07) is 0.375. The van der Waals surface area contributed by atoms with E-state index in [9.17, 15) is 4.79 Å². The summed E-state index contributed by atoms with van der Waals surface area (Å²) in [5.41, 5.74) is 5.32. The Bertz CT molecular complexity index is 294. The van der Waals surface area contributed by atoms with Crippen LogP contribution in [-0.4, -0.2) is 48.8 Å². The standard InChI is InChI=1S/C14H29N3O2/c1-10(2)11(6-15)7-16-12-8-17(9-12)13(18)19-14(3,4)5/h10-12,16H,6-9,15H2,1-5H3. The molecule has 0 spiro atoms. The van der Waals surface area contributed by atoms with Crippen molar-refractivity contribution in [3.05, 3.63) is 0 Å². The van der Waals surface area contributed by atoms with E-state index in [4.69, 9.17) is 10.5 Å². The molecular weight excluding hydrogens is 242 g/mol. The zero-order chi connectivity index (χ0) is 14.6. The zero-order valence-electron chi connectivity index (χ0n) is 12.9. The zero-order valence-corrected chi connectivity index (χ0v) is 12.9. The molecule has 0 aliphatic carbocycles. The van der Waals surface area contributed by atoms with Crippen LogP contribution in [0.5, 0.6) is 0 Å². The highest BCUT2D eigenvalue weighted by Gasteiger charge is 2.33. The molecular formula is C14H29N3O2. The van der Waals surface area contributed by atoms with Crippen molar-refractivity contribution < 1.29 is 9.53 Å². The van der Waals surface area contributed by atoms with Gasteiger partial charge in [-0.25, -0.2) is 4.79 Å². The van der Waals surface area contributed by atoms with Crippen LogP contribution in [0.2, 0.25) is 0 Å². The predicted octanol–water partition coefficient (Wildman–Crippen LogP) is 1.43. The molecule has 112 valence electrons. The van der Waals surface area contributed by atoms with E-state index in [0.717, 1.165) is 19.6 Å². The van der Waals surface area contributed by atoms with Crippen molar-refractivity contribution in [1.29, 1.82) is 0 Å². The summed E-state index contributed by atoms with van der Waals surface area (Å²) in [7, 11) is 0. The summed E-state index contributed by atoms with van der Waals surface area (Å²) in [6.07, 6.45) is -0.218. The third kappa shape index (κ3) is 5.37. The fraction of sp³-hybridized carbons (Fsp3) is 0.929. The second-order valence-corrected chi connectivity index (χ2v) is 6.73. The Kier molecular flexibility index (Phi) is 5.62. The first-order valence-electron chi connectivity index (χ1n) is 7.14. The van der Waals surface area contributed by atoms with Crippen LogP contribution < -0.4 is 11.1 Å². The molecule has 0 saturated carbocycles. The average Bonchev–Trinajstić information content (AvgIpc) is 2.17. The Morgan fingerprint density at radius 1 is 1.42 bits per heavy atom. The normalized spacial score (nSPS) is 18.4. The van der Waals surface area contributed by atoms with Crippen LogP contribution in [0.25, 0.3) is 0 Å². The van der Waals surface area contributed by atoms with Gasteiger partial charge in [0, 0.05) is 19.1 Å². The number of amides is 1. The minimum absolute atomic E-state index is 0.218. The van der Waals surface area contributed by atoms with E-state index in [1.807, 2.05) is 20.8 Å². The van der Waals surface area contributed by atoms with Crippen molar-refractivity contribution in [2.75, 3.05) is 26.2 Å². The molecule has 1 saturated heterocycles. The highest BCUT2D eigenvalue weighted by molar-refractivity contribution is 5.69. The summed E-state index contributed by atoms with van der Waals surface area (Å²) in [6.45, 7) is 13.1. The maximum absolute atomic E-state index is 11.7. The third-order valence-electron chi connectivity index (χ3n) is 3.45. The topological polar surface area (TPSA) is 67.6 Å². The van der Waals surface area contributed by atoms with E-state index < -0.39 is 5.60 Å². The van der Waals surface area contributed by atoms with Crippen molar-refractivity contribution in [1.82, 2.24) is 10.2 Å². The summed E-state index contributed by atoms with van der Waals surface area (Å²) in [5, 5.41) is 3.47. The molecule has 1 aliphatic rings. The van der Waals surface area contributed by atoms with Gasteiger partial charge < -0.3 is 20.7 Å². The van der Waals surface area contributed by atoms with Gasteiger partial charge in [0.15, 0.2) is 0 Å². The molecule has 1 unspecified atom stereocenters. The Morgan fingerprint density at radius 2 is 2.00 bits per heavy atom. The second kappa shape index (κ2) is 6.57. The lowest BCUT2D eigenvalue weighted by Crippen LogP contribution is -2.61. The summed E-state index contributed by atoms with van der Waals surface area (Å²) in [4.78, 5) is 13.5. The lowest BCUT2D eigenvalue weighted by atomic mass is 9.95. The smallest absolute Gasteiger partial charge is 0.410 e. The molecule has 1 heterocycles. The maximum atomic E-state index is 11.7. The lowest BCUT2D eigenvalue weighted by molar-refractivity contribution is 0.00485. The van der Waals surface area contributed by atoms with Gasteiger partial charge in [0.05, 0.1) is 0 Å². The number of nitrogens with zero attached hydrogens (tertiary/aromatic N) is 1. The fourth-order valence-electron chi connectivity index (χ4n) is 1.99. The number of rotatable bonds is 5. The van der Waals surface area contributed by atoms with E-state index in [0.29, 0.717) is 24.4 Å². The van der Waals surface area contributed by atoms with Gasteiger partial charge in [-0.15, -0.1) is 0 Å². The molecule has 3 N–H and O–H groups in total. The van der Waals surface area contributed by atoms with E-state index in [-0.39, 0.29) is 6.09 Å². The van der Waals surface area contributed by atoms with Crippen LogP contribution in [0.15, 0.2) is 0 Å². The van der Waals surface area contributed by atoms with Crippen molar-refractivity contribution in [2.45, 2.75) is 46.3 Å². The minimum atomic E-state index is -0.419. The summed E-state index contributed by atoms with van der Waals surface area (Å²) < 4.78 is 5.31. The number of nitrogens with one attached hydrogen (secondary N) is 1. The van der Waals surface area contributed by atoms with E-state index in [2.05, 4.69) is 19.2 Å². The minimum Gasteiger partial charge on any atom is -0.444 e. The molecule has 1 amide bonds. The molecule has 0 aromatic carbocycles. The van der Waals surface area contributed by atoms with E-state index >= 15 is 0 Å². The molecule has 5 heteroatoms. The van der Waals surface area contributed by atoms with Crippen LogP contribution >= 0.6 is 0 Å². The number of carbonyl (C=O) groups is 1. The maximum Gasteiger partial charge on any atom is 0.410 e. The Balaban J connectivity index is 2.21. The third-order valence-corrected chi connectivity index (χ3v) is 3.45. The van der Waals surface area contributed by atoms with Gasteiger partial charge in [-0.05, 0) is 45.7 Å². The number of ether oxygens (including phenoxy) is 1. The molecule has 0 aromatic heterocycles. The largest absolute Gasteiger partial charge is 0.444 e. The number of hydrogen-bond donors (Lipinski definition) is 2. The van der Waals surface area contributed by atoms with Crippen LogP contribution in [-0.2, 0) is 4.74 Å². The Morgan fingerprint density at radius 3 is 2.42 bits per heavy atom. The molecule has 0 bridgehead atoms. The Labute approximate surface area is 116 Å². The van der Waals surface area contributed by atoms with Gasteiger partial charge in [-0.2, -0.15) is 0 Å². The van der Waals surface area contributed by atoms with Gasteiger partial charge in [-0.1, -0.05) is 13.8 Å². The SMILES string of the molecule is CC(C)C(CN)CNC1CN(C(=O)OC(C)(C)C)C1. The molecule has 0 aromatic rings. The van der Waals surface area contributed by atoms with E-state index in [1.165, 1.54) is 0 Å². The van der Waals surface area contributed by atoms with Crippen LogP contribution in [0.1, 0.15) is 34.6 Å². The molecule has 19 heavy (non-hydrogen) atoms. The number of likely N-dealkylation sites (tertiary alicyclic amines) is 1. The van der Waals surface area contributed by atoms with Crippen LogP contribution in [0, 0.1) is 11.8 Å². The quantitative estimate of drug-likeness (QED) is 0.793. The van der Waals surface area contributed by atoms with Gasteiger partial charge in [0.1, 0.15) is 5.60 Å². The van der Waals surface area contributed by atoms with Gasteiger partial charge in [0.25, 0.3) is 0 Å². The highest BCUT2D eigenvalue weighted by atomic mass is 16.6. The first kappa shape index (κ1) is 16.2. The number of hydrogen-bond acceptors (Lipinski definition) is 4. The average molecular weight is 271 g/mol. The molecule has 1 atom stereocenters. The number of nitrogens with two attached hydrogens (primary N) is 1. The first-order chi connectivity index (χ1) is 8.73. The monoisotopic (exact) mass is 271 g/mol. The van der Waals surface area contributed by atoms with Gasteiger partial charge >= 0.3 is 6.09 Å². The van der Waals surface area contributed by atoms with Crippen molar-refractivity contribution in [3.8, 4) is 0 Å². The number of carbonyl (C=O) groups excluding carboxylic acids is 1. The molecule has 1 rings (SSSR count). The van der Waals surface area contributed by atoms with Crippen molar-refractivity contribution in [3.63, 3.8) is 0 Å². The highest BCUT2D eigenvalue weighted by Crippen LogP contribution is 2.16. The summed E-state index contributed by atoms with van der Waals surface area (Å²) >= 11 is 0. The van der Waals surface area contributed by atoms with Crippen molar-refractivity contribution >= 4 is 6.09 Å². The van der Waals surface area contributed by atoms with E-state index in [1.54, 1.807) is 4.90 Å². The van der Waals surface area contributed by atoms with Gasteiger partial charge in [0.2, 0.25) is 0 Å². The fourth-order valence-corrected chi connectivity index (χ4v) is 1.99. The lowest BCUT2D eigenvalue weighted by Gasteiger charge is -2.40. The molecule has 5 nitrogen and oxygen atoms in total. The second-order valence-electron chi connectivity index (χ2n) is 6.73. The predicted molar refractivity (Wildman–Crippen MR) is 77.0 cm³/mol. The van der Waals surface area contributed by atoms with Gasteiger partial charge in [-0.3, -0.25) is 0 Å². The van der Waals surface area contributed by atoms with Crippen LogP contribution in [0.4, 0.5) is 4.79 Å². The first-order valence-corrected chi connectivity index (χ1v) is 7.14. The molecule has 1 aliphatic heterocycles. The van der Waals surface area contributed by atoms with Crippen molar-refractivity contribution in [2.24, 2.45) is 17.6 Å². The van der Waals surface area contributed by atoms with Crippen LogP contribution in [0.3, 0.4) is 0 Å². The molecule has 0 radical (unpaired) electrons. The Hall–Kier alpha value is -0.810. The summed E-state index contributed by atoms with van der Waals surface area (Å²) in [5.74, 6) is 1.08. The molecule has 1 fully saturated rings.